The van der Waals surface area contributed by atoms with Gasteiger partial charge in [0.25, 0.3) is 0 Å². The molecule has 1 saturated heterocycles. The summed E-state index contributed by atoms with van der Waals surface area (Å²) in [7, 11) is 0. The first kappa shape index (κ1) is 8.60. The summed E-state index contributed by atoms with van der Waals surface area (Å²) in [6.07, 6.45) is 3.21. The fourth-order valence-electron chi connectivity index (χ4n) is 1.77. The van der Waals surface area contributed by atoms with Crippen LogP contribution in [-0.2, 0) is 6.54 Å². The van der Waals surface area contributed by atoms with Crippen LogP contribution in [-0.4, -0.2) is 32.8 Å². The lowest BCUT2D eigenvalue weighted by Gasteiger charge is -2.26. The second-order valence-corrected chi connectivity index (χ2v) is 3.85. The summed E-state index contributed by atoms with van der Waals surface area (Å²) in [5.74, 6) is 1.15. The molecular formula is C9H12N6. The van der Waals surface area contributed by atoms with E-state index < -0.39 is 0 Å². The highest BCUT2D eigenvalue weighted by atomic mass is 15.3. The zero-order valence-electron chi connectivity index (χ0n) is 8.22. The van der Waals surface area contributed by atoms with Gasteiger partial charge in [-0.25, -0.2) is 14.6 Å². The Morgan fingerprint density at radius 1 is 1.47 bits per heavy atom. The number of aromatic nitrogens is 4. The lowest BCUT2D eigenvalue weighted by molar-refractivity contribution is 0.298. The molecule has 0 unspecified atom stereocenters. The molecule has 3 N–H and O–H groups in total. The van der Waals surface area contributed by atoms with Crippen LogP contribution in [0.2, 0.25) is 0 Å². The molecule has 0 amide bonds. The van der Waals surface area contributed by atoms with Gasteiger partial charge >= 0.3 is 0 Å². The van der Waals surface area contributed by atoms with Crippen molar-refractivity contribution in [1.29, 1.82) is 0 Å². The Labute approximate surface area is 86.5 Å². The van der Waals surface area contributed by atoms with Gasteiger partial charge < -0.3 is 11.1 Å². The molecule has 2 aromatic rings. The standard InChI is InChI=1S/C9H12N6/c10-8-7-3-14-15(4-6-1-11-2-6)9(7)13-5-12-8/h3,5-6,11H,1-2,4H2,(H2,10,12,13). The molecule has 3 rings (SSSR count). The second-order valence-electron chi connectivity index (χ2n) is 3.85. The molecule has 0 saturated carbocycles. The number of rotatable bonds is 2. The molecule has 1 aliphatic rings. The predicted molar refractivity (Wildman–Crippen MR) is 56.1 cm³/mol. The number of nitrogen functional groups attached to an aromatic ring is 1. The van der Waals surface area contributed by atoms with Crippen molar-refractivity contribution < 1.29 is 0 Å². The van der Waals surface area contributed by atoms with Crippen molar-refractivity contribution >= 4 is 16.9 Å². The number of nitrogens with one attached hydrogen (secondary N) is 1. The van der Waals surface area contributed by atoms with Crippen LogP contribution in [0, 0.1) is 5.92 Å². The highest BCUT2D eigenvalue weighted by Crippen LogP contribution is 2.17. The monoisotopic (exact) mass is 204 g/mol. The van der Waals surface area contributed by atoms with Gasteiger partial charge in [-0.2, -0.15) is 5.10 Å². The van der Waals surface area contributed by atoms with Crippen LogP contribution in [0.3, 0.4) is 0 Å². The number of hydrogen-bond donors (Lipinski definition) is 2. The van der Waals surface area contributed by atoms with Crippen molar-refractivity contribution in [1.82, 2.24) is 25.1 Å². The molecule has 1 aliphatic heterocycles. The maximum atomic E-state index is 5.73. The molecule has 3 heterocycles. The third-order valence-electron chi connectivity index (χ3n) is 2.76. The quantitative estimate of drug-likeness (QED) is 0.697. The van der Waals surface area contributed by atoms with Crippen LogP contribution in [0.15, 0.2) is 12.5 Å². The van der Waals surface area contributed by atoms with Crippen LogP contribution in [0.5, 0.6) is 0 Å². The van der Waals surface area contributed by atoms with Crippen molar-refractivity contribution in [2.24, 2.45) is 5.92 Å². The zero-order chi connectivity index (χ0) is 10.3. The topological polar surface area (TPSA) is 81.7 Å². The van der Waals surface area contributed by atoms with Gasteiger partial charge in [0.05, 0.1) is 11.6 Å². The van der Waals surface area contributed by atoms with Gasteiger partial charge in [0.15, 0.2) is 5.65 Å². The van der Waals surface area contributed by atoms with E-state index in [1.165, 1.54) is 6.33 Å². The highest BCUT2D eigenvalue weighted by molar-refractivity contribution is 5.84. The first-order chi connectivity index (χ1) is 7.34. The lowest BCUT2D eigenvalue weighted by Crippen LogP contribution is -2.44. The molecular weight excluding hydrogens is 192 g/mol. The van der Waals surface area contributed by atoms with E-state index in [-0.39, 0.29) is 0 Å². The summed E-state index contributed by atoms with van der Waals surface area (Å²) in [5.41, 5.74) is 6.56. The Kier molecular flexibility index (Phi) is 1.81. The van der Waals surface area contributed by atoms with Crippen molar-refractivity contribution in [3.05, 3.63) is 12.5 Å². The SMILES string of the molecule is Nc1ncnc2c1cnn2CC1CNC1. The lowest BCUT2D eigenvalue weighted by atomic mass is 10.0. The summed E-state index contributed by atoms with van der Waals surface area (Å²) in [4.78, 5) is 8.14. The van der Waals surface area contributed by atoms with E-state index in [9.17, 15) is 0 Å². The Balaban J connectivity index is 2.00. The maximum absolute atomic E-state index is 5.73. The van der Waals surface area contributed by atoms with E-state index in [0.29, 0.717) is 11.7 Å². The van der Waals surface area contributed by atoms with Crippen LogP contribution in [0.1, 0.15) is 0 Å². The summed E-state index contributed by atoms with van der Waals surface area (Å²) in [6.45, 7) is 3.01. The first-order valence-electron chi connectivity index (χ1n) is 4.97. The molecule has 0 atom stereocenters. The van der Waals surface area contributed by atoms with Crippen molar-refractivity contribution in [3.8, 4) is 0 Å². The molecule has 15 heavy (non-hydrogen) atoms. The minimum absolute atomic E-state index is 0.498. The van der Waals surface area contributed by atoms with Gasteiger partial charge in [0.2, 0.25) is 0 Å². The molecule has 0 aromatic carbocycles. The van der Waals surface area contributed by atoms with Gasteiger partial charge in [0, 0.05) is 25.6 Å². The van der Waals surface area contributed by atoms with Crippen LogP contribution >= 0.6 is 0 Å². The molecule has 1 fully saturated rings. The van der Waals surface area contributed by atoms with Crippen molar-refractivity contribution in [2.75, 3.05) is 18.8 Å². The molecule has 0 bridgehead atoms. The largest absolute Gasteiger partial charge is 0.383 e. The van der Waals surface area contributed by atoms with E-state index in [1.54, 1.807) is 6.20 Å². The normalized spacial score (nSPS) is 16.8. The van der Waals surface area contributed by atoms with E-state index in [4.69, 9.17) is 5.73 Å². The fourth-order valence-corrected chi connectivity index (χ4v) is 1.77. The third kappa shape index (κ3) is 1.33. The maximum Gasteiger partial charge on any atom is 0.163 e. The number of nitrogens with zero attached hydrogens (tertiary/aromatic N) is 4. The van der Waals surface area contributed by atoms with Gasteiger partial charge in [0.1, 0.15) is 12.1 Å². The van der Waals surface area contributed by atoms with Gasteiger partial charge in [-0.05, 0) is 0 Å². The Morgan fingerprint density at radius 3 is 3.07 bits per heavy atom. The summed E-state index contributed by atoms with van der Waals surface area (Å²) >= 11 is 0. The second kappa shape index (κ2) is 3.16. The molecule has 0 spiro atoms. The highest BCUT2D eigenvalue weighted by Gasteiger charge is 2.19. The van der Waals surface area contributed by atoms with E-state index in [2.05, 4.69) is 20.4 Å². The molecule has 0 radical (unpaired) electrons. The molecule has 6 nitrogen and oxygen atoms in total. The fraction of sp³-hybridized carbons (Fsp3) is 0.444. The zero-order valence-corrected chi connectivity index (χ0v) is 8.22. The van der Waals surface area contributed by atoms with Crippen LogP contribution in [0.4, 0.5) is 5.82 Å². The van der Waals surface area contributed by atoms with Crippen molar-refractivity contribution in [2.45, 2.75) is 6.54 Å². The van der Waals surface area contributed by atoms with Crippen LogP contribution < -0.4 is 11.1 Å². The van der Waals surface area contributed by atoms with E-state index >= 15 is 0 Å². The van der Waals surface area contributed by atoms with E-state index in [0.717, 1.165) is 30.7 Å². The number of nitrogens with two attached hydrogens (primary N) is 1. The van der Waals surface area contributed by atoms with Gasteiger partial charge in [-0.1, -0.05) is 0 Å². The van der Waals surface area contributed by atoms with Gasteiger partial charge in [-0.3, -0.25) is 0 Å². The number of fused-ring (bicyclic) bond motifs is 1. The average Bonchev–Trinajstić information content (AvgIpc) is 2.56. The Morgan fingerprint density at radius 2 is 2.33 bits per heavy atom. The minimum atomic E-state index is 0.498. The number of hydrogen-bond acceptors (Lipinski definition) is 5. The van der Waals surface area contributed by atoms with E-state index in [1.807, 2.05) is 4.68 Å². The average molecular weight is 204 g/mol. The summed E-state index contributed by atoms with van der Waals surface area (Å²) < 4.78 is 1.90. The molecule has 78 valence electrons. The Hall–Kier alpha value is -1.69. The first-order valence-corrected chi connectivity index (χ1v) is 4.97. The van der Waals surface area contributed by atoms with Crippen LogP contribution in [0.25, 0.3) is 11.0 Å². The molecule has 0 aliphatic carbocycles. The summed E-state index contributed by atoms with van der Waals surface area (Å²) in [5, 5.41) is 8.36. The molecule has 6 heteroatoms. The Bertz CT molecular complexity index is 486. The predicted octanol–water partition coefficient (Wildman–Crippen LogP) is -0.372. The number of anilines is 1. The third-order valence-corrected chi connectivity index (χ3v) is 2.76. The molecule has 2 aromatic heterocycles. The van der Waals surface area contributed by atoms with Gasteiger partial charge in [-0.15, -0.1) is 0 Å². The summed E-state index contributed by atoms with van der Waals surface area (Å²) in [6, 6.07) is 0. The minimum Gasteiger partial charge on any atom is -0.383 e. The van der Waals surface area contributed by atoms with Crippen molar-refractivity contribution in [3.63, 3.8) is 0 Å². The smallest absolute Gasteiger partial charge is 0.163 e.